The van der Waals surface area contributed by atoms with Gasteiger partial charge >= 0.3 is 0 Å². The molecule has 0 aliphatic carbocycles. The first-order chi connectivity index (χ1) is 15.4. The van der Waals surface area contributed by atoms with Gasteiger partial charge in [0.05, 0.1) is 24.8 Å². The van der Waals surface area contributed by atoms with E-state index in [0.717, 1.165) is 17.7 Å². The number of aryl methyl sites for hydroxylation is 2. The van der Waals surface area contributed by atoms with Crippen LogP contribution in [0.3, 0.4) is 0 Å². The van der Waals surface area contributed by atoms with E-state index in [4.69, 9.17) is 4.74 Å². The standard InChI is InChI=1S/C24H36N6O2.HI/c1-17(15-21-18(2)28-29(5)19(21)3)27-24(25-4)26-16-22(20-9-7-6-8-10-20)23(31)30-11-13-32-14-12-30;/h6-10,17,22H,11-16H2,1-5H3,(H2,25,26,27);1H. The molecule has 8 nitrogen and oxygen atoms in total. The Balaban J connectivity index is 0.00000385. The monoisotopic (exact) mass is 568 g/mol. The molecule has 2 unspecified atom stereocenters. The molecule has 1 aromatic carbocycles. The van der Waals surface area contributed by atoms with Gasteiger partial charge in [0, 0.05) is 45.5 Å². The lowest BCUT2D eigenvalue weighted by Gasteiger charge is -2.31. The van der Waals surface area contributed by atoms with Crippen molar-refractivity contribution < 1.29 is 9.53 Å². The fourth-order valence-corrected chi connectivity index (χ4v) is 4.13. The van der Waals surface area contributed by atoms with Crippen LogP contribution in [0.5, 0.6) is 0 Å². The van der Waals surface area contributed by atoms with Gasteiger partial charge in [-0.3, -0.25) is 14.5 Å². The smallest absolute Gasteiger partial charge is 0.232 e. The highest BCUT2D eigenvalue weighted by Gasteiger charge is 2.27. The molecule has 1 aliphatic heterocycles. The summed E-state index contributed by atoms with van der Waals surface area (Å²) in [6.07, 6.45) is 0.848. The number of morpholine rings is 1. The topological polar surface area (TPSA) is 83.8 Å². The fraction of sp³-hybridized carbons (Fsp3) is 0.542. The lowest BCUT2D eigenvalue weighted by molar-refractivity contribution is -0.136. The number of aromatic nitrogens is 2. The Morgan fingerprint density at radius 3 is 2.45 bits per heavy atom. The number of ether oxygens (including phenoxy) is 1. The van der Waals surface area contributed by atoms with E-state index < -0.39 is 0 Å². The number of benzene rings is 1. The summed E-state index contributed by atoms with van der Waals surface area (Å²) in [4.78, 5) is 19.6. The minimum Gasteiger partial charge on any atom is -0.378 e. The first-order valence-electron chi connectivity index (χ1n) is 11.3. The van der Waals surface area contributed by atoms with Gasteiger partial charge in [-0.1, -0.05) is 30.3 Å². The van der Waals surface area contributed by atoms with Crippen molar-refractivity contribution in [1.29, 1.82) is 0 Å². The average molecular weight is 569 g/mol. The third-order valence-corrected chi connectivity index (χ3v) is 6.07. The Labute approximate surface area is 214 Å². The molecule has 33 heavy (non-hydrogen) atoms. The Morgan fingerprint density at radius 1 is 1.21 bits per heavy atom. The van der Waals surface area contributed by atoms with E-state index in [-0.39, 0.29) is 41.8 Å². The summed E-state index contributed by atoms with van der Waals surface area (Å²) in [5, 5.41) is 11.4. The Hall–Kier alpha value is -2.14. The molecule has 0 spiro atoms. The van der Waals surface area contributed by atoms with Crippen molar-refractivity contribution in [3.63, 3.8) is 0 Å². The van der Waals surface area contributed by atoms with Crippen molar-refractivity contribution in [2.45, 2.75) is 39.2 Å². The van der Waals surface area contributed by atoms with Gasteiger partial charge in [0.25, 0.3) is 0 Å². The molecule has 2 heterocycles. The third kappa shape index (κ3) is 7.17. The Morgan fingerprint density at radius 2 is 1.88 bits per heavy atom. The van der Waals surface area contributed by atoms with Gasteiger partial charge in [0.1, 0.15) is 0 Å². The molecule has 1 aliphatic rings. The van der Waals surface area contributed by atoms with Crippen LogP contribution in [0.4, 0.5) is 0 Å². The van der Waals surface area contributed by atoms with Gasteiger partial charge in [-0.05, 0) is 38.3 Å². The number of rotatable bonds is 7. The van der Waals surface area contributed by atoms with Gasteiger partial charge in [-0.15, -0.1) is 24.0 Å². The summed E-state index contributed by atoms with van der Waals surface area (Å²) in [6.45, 7) is 9.19. The zero-order valence-electron chi connectivity index (χ0n) is 20.3. The molecule has 1 aromatic heterocycles. The van der Waals surface area contributed by atoms with Crippen LogP contribution in [0.1, 0.15) is 35.4 Å². The lowest BCUT2D eigenvalue weighted by Crippen LogP contribution is -2.48. The van der Waals surface area contributed by atoms with Crippen LogP contribution in [-0.2, 0) is 23.0 Å². The minimum atomic E-state index is -0.286. The van der Waals surface area contributed by atoms with E-state index >= 15 is 0 Å². The van der Waals surface area contributed by atoms with Gasteiger partial charge in [0.15, 0.2) is 5.96 Å². The first-order valence-corrected chi connectivity index (χ1v) is 11.3. The van der Waals surface area contributed by atoms with Crippen LogP contribution in [0, 0.1) is 13.8 Å². The highest BCUT2D eigenvalue weighted by molar-refractivity contribution is 14.0. The van der Waals surface area contributed by atoms with Gasteiger partial charge in [-0.2, -0.15) is 5.10 Å². The number of carbonyl (C=O) groups excluding carboxylic acids is 1. The van der Waals surface area contributed by atoms with Crippen molar-refractivity contribution >= 4 is 35.8 Å². The maximum atomic E-state index is 13.3. The molecule has 0 bridgehead atoms. The Kier molecular flexibility index (Phi) is 10.6. The maximum Gasteiger partial charge on any atom is 0.232 e. The number of hydrogen-bond acceptors (Lipinski definition) is 4. The zero-order valence-corrected chi connectivity index (χ0v) is 22.6. The quantitative estimate of drug-likeness (QED) is 0.305. The van der Waals surface area contributed by atoms with Crippen LogP contribution in [0.15, 0.2) is 35.3 Å². The number of amides is 1. The second-order valence-electron chi connectivity index (χ2n) is 8.38. The summed E-state index contributed by atoms with van der Waals surface area (Å²) in [5.41, 5.74) is 4.50. The first kappa shape index (κ1) is 27.1. The molecule has 2 N–H and O–H groups in total. The highest BCUT2D eigenvalue weighted by Crippen LogP contribution is 2.19. The Bertz CT molecular complexity index is 925. The lowest BCUT2D eigenvalue weighted by atomic mass is 9.97. The highest BCUT2D eigenvalue weighted by atomic mass is 127. The second kappa shape index (κ2) is 12.9. The second-order valence-corrected chi connectivity index (χ2v) is 8.38. The van der Waals surface area contributed by atoms with Crippen LogP contribution in [0.25, 0.3) is 0 Å². The molecule has 3 rings (SSSR count). The van der Waals surface area contributed by atoms with Gasteiger partial charge in [0.2, 0.25) is 5.91 Å². The van der Waals surface area contributed by atoms with E-state index in [1.54, 1.807) is 7.05 Å². The number of guanidine groups is 1. The van der Waals surface area contributed by atoms with Crippen molar-refractivity contribution in [3.05, 3.63) is 52.8 Å². The molecule has 9 heteroatoms. The number of nitrogens with one attached hydrogen (secondary N) is 2. The third-order valence-electron chi connectivity index (χ3n) is 6.07. The molecule has 2 aromatic rings. The summed E-state index contributed by atoms with van der Waals surface area (Å²) in [7, 11) is 3.73. The largest absolute Gasteiger partial charge is 0.378 e. The molecule has 0 radical (unpaired) electrons. The number of halogens is 1. The van der Waals surface area contributed by atoms with E-state index in [0.29, 0.717) is 38.8 Å². The average Bonchev–Trinajstić information content (AvgIpc) is 3.05. The SMILES string of the molecule is CN=C(NCC(C(=O)N1CCOCC1)c1ccccc1)NC(C)Cc1c(C)nn(C)c1C.I. The fourth-order valence-electron chi connectivity index (χ4n) is 4.13. The van der Waals surface area contributed by atoms with E-state index in [1.165, 1.54) is 11.3 Å². The summed E-state index contributed by atoms with van der Waals surface area (Å²) in [5.74, 6) is 0.524. The van der Waals surface area contributed by atoms with E-state index in [9.17, 15) is 4.79 Å². The minimum absolute atomic E-state index is 0. The van der Waals surface area contributed by atoms with Crippen LogP contribution in [-0.4, -0.2) is 72.5 Å². The predicted molar refractivity (Wildman–Crippen MR) is 142 cm³/mol. The van der Waals surface area contributed by atoms with Crippen LogP contribution >= 0.6 is 24.0 Å². The molecule has 2 atom stereocenters. The van der Waals surface area contributed by atoms with Gasteiger partial charge < -0.3 is 20.3 Å². The zero-order chi connectivity index (χ0) is 23.1. The van der Waals surface area contributed by atoms with Crippen molar-refractivity contribution in [3.8, 4) is 0 Å². The molecule has 182 valence electrons. The van der Waals surface area contributed by atoms with Crippen molar-refractivity contribution in [1.82, 2.24) is 25.3 Å². The number of nitrogens with zero attached hydrogens (tertiary/aromatic N) is 4. The van der Waals surface area contributed by atoms with Crippen LogP contribution in [0.2, 0.25) is 0 Å². The summed E-state index contributed by atoms with van der Waals surface area (Å²) in [6, 6.07) is 10.1. The number of hydrogen-bond donors (Lipinski definition) is 2. The normalized spacial score (nSPS) is 16.0. The molecular weight excluding hydrogens is 531 g/mol. The molecule has 1 amide bonds. The van der Waals surface area contributed by atoms with Crippen molar-refractivity contribution in [2.75, 3.05) is 39.9 Å². The summed E-state index contributed by atoms with van der Waals surface area (Å²) < 4.78 is 7.34. The molecule has 1 saturated heterocycles. The predicted octanol–water partition coefficient (Wildman–Crippen LogP) is 2.39. The molecule has 0 saturated carbocycles. The van der Waals surface area contributed by atoms with Crippen LogP contribution < -0.4 is 10.6 Å². The number of carbonyl (C=O) groups is 1. The van der Waals surface area contributed by atoms with E-state index in [2.05, 4.69) is 34.6 Å². The van der Waals surface area contributed by atoms with Crippen molar-refractivity contribution in [2.24, 2.45) is 12.0 Å². The van der Waals surface area contributed by atoms with E-state index in [1.807, 2.05) is 53.9 Å². The molecular formula is C24H37IN6O2. The summed E-state index contributed by atoms with van der Waals surface area (Å²) >= 11 is 0. The maximum absolute atomic E-state index is 13.3. The molecule has 1 fully saturated rings. The van der Waals surface area contributed by atoms with Gasteiger partial charge in [-0.25, -0.2) is 0 Å². The number of aliphatic imine (C=N–C) groups is 1.